The van der Waals surface area contributed by atoms with Gasteiger partial charge in [0.1, 0.15) is 0 Å². The second kappa shape index (κ2) is 5.54. The van der Waals surface area contributed by atoms with E-state index in [0.29, 0.717) is 11.4 Å². The molecule has 1 aromatic rings. The first-order valence-corrected chi connectivity index (χ1v) is 6.35. The quantitative estimate of drug-likeness (QED) is 0.823. The lowest BCUT2D eigenvalue weighted by Crippen LogP contribution is -2.33. The Labute approximate surface area is 108 Å². The van der Waals surface area contributed by atoms with Crippen LogP contribution in [0.2, 0.25) is 0 Å². The van der Waals surface area contributed by atoms with Gasteiger partial charge in [-0.2, -0.15) is 0 Å². The predicted octanol–water partition coefficient (Wildman–Crippen LogP) is 3.34. The second-order valence-electron chi connectivity index (χ2n) is 5.36. The summed E-state index contributed by atoms with van der Waals surface area (Å²) in [5.74, 6) is 0.352. The van der Waals surface area contributed by atoms with Gasteiger partial charge < -0.3 is 5.32 Å². The van der Waals surface area contributed by atoms with E-state index in [9.17, 15) is 4.79 Å². The lowest BCUT2D eigenvalue weighted by Gasteiger charge is -2.19. The van der Waals surface area contributed by atoms with E-state index >= 15 is 0 Å². The van der Waals surface area contributed by atoms with Crippen LogP contribution in [0.4, 0.5) is 0 Å². The number of hydrogen-bond acceptors (Lipinski definition) is 1. The van der Waals surface area contributed by atoms with Gasteiger partial charge in [-0.05, 0) is 30.0 Å². The molecule has 94 valence electrons. The molecule has 0 aliphatic heterocycles. The minimum atomic E-state index is -0.0707. The third-order valence-corrected chi connectivity index (χ3v) is 3.08. The zero-order valence-corrected chi connectivity index (χ0v) is 11.6. The average Bonchev–Trinajstić information content (AvgIpc) is 2.27. The number of amides is 1. The molecule has 1 unspecified atom stereocenters. The Morgan fingerprint density at radius 1 is 1.29 bits per heavy atom. The van der Waals surface area contributed by atoms with Crippen LogP contribution < -0.4 is 5.32 Å². The van der Waals surface area contributed by atoms with Crippen LogP contribution in [0, 0.1) is 0 Å². The highest BCUT2D eigenvalue weighted by Gasteiger charge is 2.14. The maximum Gasteiger partial charge on any atom is 0.251 e. The molecular weight excluding hydrogens is 234 g/mol. The van der Waals surface area contributed by atoms with Crippen molar-refractivity contribution in [2.24, 2.45) is 0 Å². The smallest absolute Gasteiger partial charge is 0.251 e. The molecule has 0 spiro atoms. The highest BCUT2D eigenvalue weighted by Crippen LogP contribution is 2.22. The summed E-state index contributed by atoms with van der Waals surface area (Å²) < 4.78 is 0. The summed E-state index contributed by atoms with van der Waals surface area (Å²) in [6, 6.07) is 7.71. The van der Waals surface area contributed by atoms with Crippen molar-refractivity contribution in [3.8, 4) is 0 Å². The van der Waals surface area contributed by atoms with Crippen LogP contribution in [0.15, 0.2) is 24.3 Å². The standard InChI is InChI=1S/C14H20ClNO/c1-10(9-15)16-13(17)11-5-7-12(8-6-11)14(2,3)4/h5-8,10H,9H2,1-4H3,(H,16,17). The van der Waals surface area contributed by atoms with E-state index in [4.69, 9.17) is 11.6 Å². The van der Waals surface area contributed by atoms with E-state index < -0.39 is 0 Å². The van der Waals surface area contributed by atoms with Crippen LogP contribution in [0.25, 0.3) is 0 Å². The molecule has 0 saturated carbocycles. The maximum atomic E-state index is 11.8. The van der Waals surface area contributed by atoms with Gasteiger partial charge in [0, 0.05) is 17.5 Å². The molecule has 17 heavy (non-hydrogen) atoms. The number of benzene rings is 1. The predicted molar refractivity (Wildman–Crippen MR) is 72.8 cm³/mol. The number of alkyl halides is 1. The van der Waals surface area contributed by atoms with Gasteiger partial charge in [0.05, 0.1) is 0 Å². The monoisotopic (exact) mass is 253 g/mol. The summed E-state index contributed by atoms with van der Waals surface area (Å²) in [6.45, 7) is 8.33. The number of halogens is 1. The van der Waals surface area contributed by atoms with Crippen molar-refractivity contribution in [1.82, 2.24) is 5.32 Å². The molecule has 0 aliphatic rings. The lowest BCUT2D eigenvalue weighted by molar-refractivity contribution is 0.0943. The fraction of sp³-hybridized carbons (Fsp3) is 0.500. The number of rotatable bonds is 3. The molecule has 0 saturated heterocycles. The van der Waals surface area contributed by atoms with Crippen molar-refractivity contribution in [2.75, 3.05) is 5.88 Å². The molecule has 1 rings (SSSR count). The summed E-state index contributed by atoms with van der Waals surface area (Å²) >= 11 is 5.65. The van der Waals surface area contributed by atoms with Crippen LogP contribution >= 0.6 is 11.6 Å². The molecule has 0 radical (unpaired) electrons. The Kier molecular flexibility index (Phi) is 4.58. The van der Waals surface area contributed by atoms with Gasteiger partial charge in [-0.25, -0.2) is 0 Å². The van der Waals surface area contributed by atoms with Gasteiger partial charge in [0.2, 0.25) is 0 Å². The Hall–Kier alpha value is -1.02. The molecule has 0 fully saturated rings. The van der Waals surface area contributed by atoms with Gasteiger partial charge in [-0.1, -0.05) is 32.9 Å². The Balaban J connectivity index is 2.78. The van der Waals surface area contributed by atoms with Crippen LogP contribution in [-0.4, -0.2) is 17.8 Å². The van der Waals surface area contributed by atoms with Crippen molar-refractivity contribution in [3.05, 3.63) is 35.4 Å². The number of carbonyl (C=O) groups excluding carboxylic acids is 1. The van der Waals surface area contributed by atoms with E-state index in [1.54, 1.807) is 0 Å². The summed E-state index contributed by atoms with van der Waals surface area (Å²) in [4.78, 5) is 11.8. The Morgan fingerprint density at radius 2 is 1.82 bits per heavy atom. The number of carbonyl (C=O) groups is 1. The molecule has 0 aromatic heterocycles. The van der Waals surface area contributed by atoms with E-state index in [1.165, 1.54) is 5.56 Å². The van der Waals surface area contributed by atoms with Gasteiger partial charge in [0.25, 0.3) is 5.91 Å². The third kappa shape index (κ3) is 4.04. The van der Waals surface area contributed by atoms with Gasteiger partial charge >= 0.3 is 0 Å². The number of hydrogen-bond donors (Lipinski definition) is 1. The summed E-state index contributed by atoms with van der Waals surface area (Å²) in [5.41, 5.74) is 2.01. The zero-order valence-electron chi connectivity index (χ0n) is 10.9. The first-order chi connectivity index (χ1) is 7.84. The van der Waals surface area contributed by atoms with E-state index in [-0.39, 0.29) is 17.4 Å². The molecule has 2 nitrogen and oxygen atoms in total. The molecule has 1 N–H and O–H groups in total. The highest BCUT2D eigenvalue weighted by atomic mass is 35.5. The maximum absolute atomic E-state index is 11.8. The molecule has 0 aliphatic carbocycles. The van der Waals surface area contributed by atoms with Crippen LogP contribution in [-0.2, 0) is 5.41 Å². The highest BCUT2D eigenvalue weighted by molar-refractivity contribution is 6.18. The lowest BCUT2D eigenvalue weighted by atomic mass is 9.87. The Bertz CT molecular complexity index is 378. The minimum absolute atomic E-state index is 0.00791. The van der Waals surface area contributed by atoms with Gasteiger partial charge in [-0.15, -0.1) is 11.6 Å². The fourth-order valence-electron chi connectivity index (χ4n) is 1.47. The summed E-state index contributed by atoms with van der Waals surface area (Å²) in [6.07, 6.45) is 0. The largest absolute Gasteiger partial charge is 0.348 e. The molecule has 1 atom stereocenters. The molecule has 1 aromatic carbocycles. The average molecular weight is 254 g/mol. The van der Waals surface area contributed by atoms with Crippen molar-refractivity contribution < 1.29 is 4.79 Å². The molecule has 3 heteroatoms. The van der Waals surface area contributed by atoms with E-state index in [2.05, 4.69) is 26.1 Å². The number of nitrogens with one attached hydrogen (secondary N) is 1. The minimum Gasteiger partial charge on any atom is -0.348 e. The van der Waals surface area contributed by atoms with Crippen LogP contribution in [0.1, 0.15) is 43.6 Å². The van der Waals surface area contributed by atoms with Crippen LogP contribution in [0.3, 0.4) is 0 Å². The van der Waals surface area contributed by atoms with Gasteiger partial charge in [0.15, 0.2) is 0 Å². The first-order valence-electron chi connectivity index (χ1n) is 5.82. The topological polar surface area (TPSA) is 29.1 Å². The fourth-order valence-corrected chi connectivity index (χ4v) is 1.54. The molecule has 0 heterocycles. The summed E-state index contributed by atoms with van der Waals surface area (Å²) in [5, 5.41) is 2.83. The molecule has 0 bridgehead atoms. The van der Waals surface area contributed by atoms with Gasteiger partial charge in [-0.3, -0.25) is 4.79 Å². The zero-order chi connectivity index (χ0) is 13.1. The van der Waals surface area contributed by atoms with Crippen molar-refractivity contribution in [1.29, 1.82) is 0 Å². The van der Waals surface area contributed by atoms with Crippen molar-refractivity contribution in [2.45, 2.75) is 39.2 Å². The first kappa shape index (κ1) is 14.0. The molecule has 1 amide bonds. The summed E-state index contributed by atoms with van der Waals surface area (Å²) in [7, 11) is 0. The van der Waals surface area contributed by atoms with Crippen LogP contribution in [0.5, 0.6) is 0 Å². The van der Waals surface area contributed by atoms with Crippen molar-refractivity contribution >= 4 is 17.5 Å². The third-order valence-electron chi connectivity index (χ3n) is 2.62. The second-order valence-corrected chi connectivity index (χ2v) is 5.66. The molecular formula is C14H20ClNO. The van der Waals surface area contributed by atoms with E-state index in [1.807, 2.05) is 31.2 Å². The normalized spacial score (nSPS) is 13.2. The SMILES string of the molecule is CC(CCl)NC(=O)c1ccc(C(C)(C)C)cc1. The Morgan fingerprint density at radius 3 is 2.24 bits per heavy atom. The van der Waals surface area contributed by atoms with Crippen molar-refractivity contribution in [3.63, 3.8) is 0 Å². The van der Waals surface area contributed by atoms with E-state index in [0.717, 1.165) is 0 Å².